The van der Waals surface area contributed by atoms with E-state index in [1.807, 2.05) is 24.4 Å². The highest BCUT2D eigenvalue weighted by Crippen LogP contribution is 2.51. The van der Waals surface area contributed by atoms with Gasteiger partial charge in [-0.05, 0) is 105 Å². The molecule has 0 spiro atoms. The molecule has 1 amide bonds. The number of pyridine rings is 1. The SMILES string of the molecule is CC1CC2CC(C)C(NC(=O)c3ccc(-c4cn([C@H]5CC[C@@H](C#N)CC5)c5cc(OC6CCN(c7ncccn7)CC6)ccc45)nc3C(F)(F)F)(C(=O)O)C(C1)C2. The molecular formula is C43H48F3N7O4. The Morgan fingerprint density at radius 2 is 1.72 bits per heavy atom. The van der Waals surface area contributed by atoms with Crippen LogP contribution in [-0.4, -0.2) is 61.2 Å². The van der Waals surface area contributed by atoms with Crippen molar-refractivity contribution in [2.45, 2.75) is 102 Å². The summed E-state index contributed by atoms with van der Waals surface area (Å²) in [4.78, 5) is 41.9. The van der Waals surface area contributed by atoms with Gasteiger partial charge in [0, 0.05) is 73.5 Å². The zero-order chi connectivity index (χ0) is 40.1. The van der Waals surface area contributed by atoms with Gasteiger partial charge in [-0.15, -0.1) is 0 Å². The maximum absolute atomic E-state index is 14.9. The summed E-state index contributed by atoms with van der Waals surface area (Å²) in [7, 11) is 0. The van der Waals surface area contributed by atoms with Crippen molar-refractivity contribution in [3.05, 3.63) is 66.2 Å². The lowest BCUT2D eigenvalue weighted by Gasteiger charge is -2.52. The van der Waals surface area contributed by atoms with Crippen LogP contribution in [0.5, 0.6) is 5.75 Å². The van der Waals surface area contributed by atoms with Gasteiger partial charge < -0.3 is 24.6 Å². The van der Waals surface area contributed by atoms with Gasteiger partial charge in [0.15, 0.2) is 5.69 Å². The number of benzene rings is 1. The van der Waals surface area contributed by atoms with Gasteiger partial charge in [0.05, 0.1) is 22.8 Å². The summed E-state index contributed by atoms with van der Waals surface area (Å²) in [5, 5.41) is 23.5. The summed E-state index contributed by atoms with van der Waals surface area (Å²) in [6.07, 6.45) is 7.39. The fraction of sp³-hybridized carbons (Fsp3) is 0.535. The number of anilines is 1. The van der Waals surface area contributed by atoms with E-state index in [0.29, 0.717) is 60.7 Å². The molecule has 3 aromatic heterocycles. The third kappa shape index (κ3) is 7.41. The molecule has 300 valence electrons. The zero-order valence-corrected chi connectivity index (χ0v) is 32.2. The maximum Gasteiger partial charge on any atom is 0.434 e. The first-order valence-electron chi connectivity index (χ1n) is 20.2. The van der Waals surface area contributed by atoms with E-state index in [1.165, 1.54) is 6.07 Å². The molecule has 4 aromatic rings. The predicted molar refractivity (Wildman–Crippen MR) is 206 cm³/mol. The molecule has 2 bridgehead atoms. The van der Waals surface area contributed by atoms with Gasteiger partial charge in [-0.1, -0.05) is 13.8 Å². The molecule has 4 heterocycles. The third-order valence-corrected chi connectivity index (χ3v) is 13.2. The number of hydrogen-bond donors (Lipinski definition) is 2. The van der Waals surface area contributed by atoms with Crippen LogP contribution in [0.3, 0.4) is 0 Å². The molecule has 2 N–H and O–H groups in total. The topological polar surface area (TPSA) is 146 Å². The van der Waals surface area contributed by atoms with Gasteiger partial charge in [0.1, 0.15) is 17.4 Å². The molecule has 11 nitrogen and oxygen atoms in total. The highest BCUT2D eigenvalue weighted by atomic mass is 19.4. The van der Waals surface area contributed by atoms with Crippen LogP contribution in [0, 0.1) is 40.9 Å². The van der Waals surface area contributed by atoms with Crippen LogP contribution in [0.1, 0.15) is 100 Å². The van der Waals surface area contributed by atoms with Crippen molar-refractivity contribution in [3.8, 4) is 23.1 Å². The van der Waals surface area contributed by atoms with E-state index in [2.05, 4.69) is 42.7 Å². The summed E-state index contributed by atoms with van der Waals surface area (Å²) in [5.74, 6) is -1.29. The van der Waals surface area contributed by atoms with Crippen molar-refractivity contribution in [1.29, 1.82) is 5.26 Å². The lowest BCUT2D eigenvalue weighted by molar-refractivity contribution is -0.155. The minimum atomic E-state index is -5.00. The van der Waals surface area contributed by atoms with E-state index in [9.17, 15) is 33.1 Å². The molecule has 1 aromatic carbocycles. The average Bonchev–Trinajstić information content (AvgIpc) is 3.58. The number of amides is 1. The van der Waals surface area contributed by atoms with Crippen molar-refractivity contribution in [3.63, 3.8) is 0 Å². The number of carboxylic acids is 1. The number of aromatic nitrogens is 4. The molecule has 4 aliphatic rings. The fourth-order valence-corrected chi connectivity index (χ4v) is 10.4. The Hall–Kier alpha value is -5.19. The van der Waals surface area contributed by atoms with Crippen LogP contribution in [0.25, 0.3) is 22.2 Å². The summed E-state index contributed by atoms with van der Waals surface area (Å²) >= 11 is 0. The highest BCUT2D eigenvalue weighted by molar-refractivity contribution is 6.00. The van der Waals surface area contributed by atoms with Crippen LogP contribution in [0.4, 0.5) is 19.1 Å². The number of rotatable bonds is 8. The second kappa shape index (κ2) is 15.3. The Labute approximate surface area is 329 Å². The van der Waals surface area contributed by atoms with E-state index >= 15 is 0 Å². The van der Waals surface area contributed by atoms with Crippen LogP contribution in [0.2, 0.25) is 0 Å². The van der Waals surface area contributed by atoms with Gasteiger partial charge >= 0.3 is 12.1 Å². The molecular weight excluding hydrogens is 736 g/mol. The quantitative estimate of drug-likeness (QED) is 0.180. The lowest BCUT2D eigenvalue weighted by Crippen LogP contribution is -2.66. The largest absolute Gasteiger partial charge is 0.490 e. The molecule has 5 unspecified atom stereocenters. The van der Waals surface area contributed by atoms with Gasteiger partial charge in [0.2, 0.25) is 5.95 Å². The van der Waals surface area contributed by atoms with Gasteiger partial charge in [-0.25, -0.2) is 19.7 Å². The number of alkyl halides is 3. The first-order valence-corrected chi connectivity index (χ1v) is 20.2. The molecule has 0 radical (unpaired) electrons. The van der Waals surface area contributed by atoms with Crippen LogP contribution >= 0.6 is 0 Å². The predicted octanol–water partition coefficient (Wildman–Crippen LogP) is 8.46. The first kappa shape index (κ1) is 38.7. The van der Waals surface area contributed by atoms with Gasteiger partial charge in [-0.3, -0.25) is 4.79 Å². The fourth-order valence-electron chi connectivity index (χ4n) is 10.4. The second-order valence-electron chi connectivity index (χ2n) is 16.8. The molecule has 3 saturated carbocycles. The Bertz CT molecular complexity index is 2170. The summed E-state index contributed by atoms with van der Waals surface area (Å²) in [6.45, 7) is 5.30. The summed E-state index contributed by atoms with van der Waals surface area (Å²) in [5.41, 5.74) is -2.46. The monoisotopic (exact) mass is 783 g/mol. The Morgan fingerprint density at radius 3 is 2.40 bits per heavy atom. The molecule has 1 saturated heterocycles. The number of carbonyl (C=O) groups is 2. The molecule has 14 heteroatoms. The molecule has 57 heavy (non-hydrogen) atoms. The highest BCUT2D eigenvalue weighted by Gasteiger charge is 2.57. The standard InChI is InChI=1S/C43H48F3N7O4/c1-25-18-28-20-26(2)42(40(55)56,29(19-25)21-28)51-39(54)34-10-11-36(50-38(34)43(44,45)46)35-24-53(30-6-4-27(23-47)5-7-30)37-22-32(8-9-33(35)37)57-31-12-16-52(17-13-31)41-48-14-3-15-49-41/h3,8-11,14-15,22,24-31H,4-7,12-13,16-21H2,1-2H3,(H,51,54)(H,55,56)/t25?,26?,27-,28?,29?,30+,42?. The normalized spacial score (nSPS) is 28.1. The molecule has 8 rings (SSSR count). The Morgan fingerprint density at radius 1 is 0.982 bits per heavy atom. The van der Waals surface area contributed by atoms with E-state index in [1.54, 1.807) is 25.4 Å². The lowest BCUT2D eigenvalue weighted by atomic mass is 9.56. The number of nitrogens with one attached hydrogen (secondary N) is 1. The van der Waals surface area contributed by atoms with E-state index in [4.69, 9.17) is 4.74 Å². The number of aliphatic carboxylic acids is 1. The number of piperidine rings is 1. The van der Waals surface area contributed by atoms with E-state index < -0.39 is 46.7 Å². The van der Waals surface area contributed by atoms with Crippen LogP contribution in [-0.2, 0) is 11.0 Å². The number of fused-ring (bicyclic) bond motifs is 3. The first-order chi connectivity index (χ1) is 27.3. The minimum Gasteiger partial charge on any atom is -0.490 e. The van der Waals surface area contributed by atoms with Gasteiger partial charge in [0.25, 0.3) is 5.91 Å². The molecule has 5 atom stereocenters. The van der Waals surface area contributed by atoms with Crippen molar-refractivity contribution < 1.29 is 32.6 Å². The Balaban J connectivity index is 1.11. The van der Waals surface area contributed by atoms with Crippen LogP contribution in [0.15, 0.2) is 55.0 Å². The van der Waals surface area contributed by atoms with Crippen LogP contribution < -0.4 is 15.0 Å². The van der Waals surface area contributed by atoms with Crippen molar-refractivity contribution in [1.82, 2.24) is 24.8 Å². The van der Waals surface area contributed by atoms with Gasteiger partial charge in [-0.2, -0.15) is 18.4 Å². The molecule has 1 aliphatic heterocycles. The summed E-state index contributed by atoms with van der Waals surface area (Å²) < 4.78 is 53.4. The number of nitriles is 1. The minimum absolute atomic E-state index is 0.00847. The second-order valence-corrected chi connectivity index (χ2v) is 16.8. The number of halogens is 3. The third-order valence-electron chi connectivity index (χ3n) is 13.2. The Kier molecular flexibility index (Phi) is 10.4. The molecule has 4 fully saturated rings. The number of nitrogens with zero attached hydrogens (tertiary/aromatic N) is 6. The van der Waals surface area contributed by atoms with Crippen molar-refractivity contribution >= 4 is 28.7 Å². The average molecular weight is 784 g/mol. The van der Waals surface area contributed by atoms with Crippen molar-refractivity contribution in [2.75, 3.05) is 18.0 Å². The molecule has 3 aliphatic carbocycles. The van der Waals surface area contributed by atoms with Crippen molar-refractivity contribution in [2.24, 2.45) is 29.6 Å². The summed E-state index contributed by atoms with van der Waals surface area (Å²) in [6, 6.07) is 12.3. The van der Waals surface area contributed by atoms with E-state index in [-0.39, 0.29) is 29.7 Å². The number of hydrogen-bond acceptors (Lipinski definition) is 8. The van der Waals surface area contributed by atoms with E-state index in [0.717, 1.165) is 56.8 Å². The smallest absolute Gasteiger partial charge is 0.434 e. The zero-order valence-electron chi connectivity index (χ0n) is 32.2. The number of carboxylic acid groups (broad SMARTS) is 1. The maximum atomic E-state index is 14.9. The number of carbonyl (C=O) groups excluding carboxylic acids is 1. The number of ether oxygens (including phenoxy) is 1.